The molecule has 2 aromatic carbocycles. The van der Waals surface area contributed by atoms with E-state index in [4.69, 9.17) is 0 Å². The van der Waals surface area contributed by atoms with E-state index in [1.54, 1.807) is 22.8 Å². The second kappa shape index (κ2) is 9.77. The number of carboxylic acid groups (broad SMARTS) is 1. The number of halogens is 1. The van der Waals surface area contributed by atoms with Gasteiger partial charge in [-0.05, 0) is 48.2 Å². The van der Waals surface area contributed by atoms with Gasteiger partial charge in [0, 0.05) is 17.7 Å². The zero-order valence-electron chi connectivity index (χ0n) is 19.4. The minimum atomic E-state index is -1.32. The predicted molar refractivity (Wildman–Crippen MR) is 130 cm³/mol. The molecule has 0 bridgehead atoms. The van der Waals surface area contributed by atoms with Crippen LogP contribution in [0.5, 0.6) is 5.75 Å². The van der Waals surface area contributed by atoms with Crippen LogP contribution in [0.15, 0.2) is 60.9 Å². The highest BCUT2D eigenvalue weighted by Gasteiger charge is 2.28. The summed E-state index contributed by atoms with van der Waals surface area (Å²) in [5, 5.41) is 26.3. The molecule has 0 unspecified atom stereocenters. The van der Waals surface area contributed by atoms with Gasteiger partial charge in [-0.1, -0.05) is 43.5 Å². The van der Waals surface area contributed by atoms with Gasteiger partial charge in [0.05, 0.1) is 11.9 Å². The summed E-state index contributed by atoms with van der Waals surface area (Å²) in [6.45, 7) is 0. The number of phenolic OH excluding ortho intramolecular Hbond substituents is 1. The number of benzene rings is 2. The van der Waals surface area contributed by atoms with Crippen LogP contribution in [0.2, 0.25) is 0 Å². The maximum Gasteiger partial charge on any atom is 0.330 e. The Balaban J connectivity index is 1.55. The molecule has 1 aliphatic rings. The molecule has 5 rings (SSSR count). The van der Waals surface area contributed by atoms with Crippen LogP contribution < -0.4 is 5.32 Å². The molecule has 2 aromatic heterocycles. The normalized spacial score (nSPS) is 15.0. The van der Waals surface area contributed by atoms with E-state index >= 15 is 0 Å². The maximum atomic E-state index is 13.6. The van der Waals surface area contributed by atoms with E-state index in [2.05, 4.69) is 15.4 Å². The fourth-order valence-corrected chi connectivity index (χ4v) is 4.89. The fraction of sp³-hybridized carbons (Fsp3) is 0.259. The SMILES string of the molecule is O=C(N[C@@H](C(=O)O)c1ccc(O)cc1)c1cnn2c(C3CCCCC3)c(-c3ccc(F)cc3)cnc12. The second-order valence-electron chi connectivity index (χ2n) is 9.03. The van der Waals surface area contributed by atoms with E-state index < -0.39 is 17.9 Å². The summed E-state index contributed by atoms with van der Waals surface area (Å²) in [5.41, 5.74) is 3.36. The van der Waals surface area contributed by atoms with Crippen molar-refractivity contribution in [1.82, 2.24) is 19.9 Å². The average molecular weight is 489 g/mol. The molecule has 1 saturated carbocycles. The van der Waals surface area contributed by atoms with Gasteiger partial charge in [-0.25, -0.2) is 18.7 Å². The van der Waals surface area contributed by atoms with Gasteiger partial charge >= 0.3 is 5.97 Å². The van der Waals surface area contributed by atoms with Gasteiger partial charge in [0.1, 0.15) is 17.1 Å². The molecule has 9 heteroatoms. The van der Waals surface area contributed by atoms with Crippen molar-refractivity contribution in [2.75, 3.05) is 0 Å². The van der Waals surface area contributed by atoms with Gasteiger partial charge in [-0.15, -0.1) is 0 Å². The average Bonchev–Trinajstić information content (AvgIpc) is 3.32. The quantitative estimate of drug-likeness (QED) is 0.357. The Labute approximate surface area is 206 Å². The largest absolute Gasteiger partial charge is 0.508 e. The molecule has 2 heterocycles. The lowest BCUT2D eigenvalue weighted by Crippen LogP contribution is -2.33. The number of nitrogens with zero attached hydrogens (tertiary/aromatic N) is 3. The lowest BCUT2D eigenvalue weighted by Gasteiger charge is -2.25. The molecule has 4 aromatic rings. The van der Waals surface area contributed by atoms with E-state index in [1.165, 1.54) is 42.6 Å². The number of fused-ring (bicyclic) bond motifs is 1. The Hall–Kier alpha value is -4.27. The zero-order chi connectivity index (χ0) is 25.2. The van der Waals surface area contributed by atoms with Crippen molar-refractivity contribution in [3.05, 3.63) is 83.6 Å². The number of aromatic hydroxyl groups is 1. The zero-order valence-corrected chi connectivity index (χ0v) is 19.4. The molecule has 0 spiro atoms. The highest BCUT2D eigenvalue weighted by atomic mass is 19.1. The van der Waals surface area contributed by atoms with E-state index in [9.17, 15) is 24.2 Å². The number of aromatic nitrogens is 3. The number of aliphatic carboxylic acids is 1. The highest BCUT2D eigenvalue weighted by Crippen LogP contribution is 2.38. The fourth-order valence-electron chi connectivity index (χ4n) is 4.89. The van der Waals surface area contributed by atoms with Gasteiger partial charge in [0.2, 0.25) is 0 Å². The van der Waals surface area contributed by atoms with Gasteiger partial charge in [0.15, 0.2) is 11.7 Å². The number of amides is 1. The van der Waals surface area contributed by atoms with Crippen LogP contribution in [0, 0.1) is 5.82 Å². The van der Waals surface area contributed by atoms with E-state index in [-0.39, 0.29) is 23.0 Å². The summed E-state index contributed by atoms with van der Waals surface area (Å²) in [6, 6.07) is 10.5. The van der Waals surface area contributed by atoms with Gasteiger partial charge < -0.3 is 15.5 Å². The minimum Gasteiger partial charge on any atom is -0.508 e. The van der Waals surface area contributed by atoms with Crippen molar-refractivity contribution in [3.8, 4) is 16.9 Å². The van der Waals surface area contributed by atoms with Crippen LogP contribution in [0.3, 0.4) is 0 Å². The molecule has 3 N–H and O–H groups in total. The van der Waals surface area contributed by atoms with Crippen molar-refractivity contribution >= 4 is 17.5 Å². The van der Waals surface area contributed by atoms with Crippen molar-refractivity contribution in [3.63, 3.8) is 0 Å². The monoisotopic (exact) mass is 488 g/mol. The first kappa shape index (κ1) is 23.5. The number of hydrogen-bond acceptors (Lipinski definition) is 5. The van der Waals surface area contributed by atoms with Crippen LogP contribution in [0.1, 0.15) is 65.7 Å². The lowest BCUT2D eigenvalue weighted by atomic mass is 9.84. The van der Waals surface area contributed by atoms with E-state index in [0.29, 0.717) is 11.2 Å². The smallest absolute Gasteiger partial charge is 0.330 e. The summed E-state index contributed by atoms with van der Waals surface area (Å²) >= 11 is 0. The van der Waals surface area contributed by atoms with Gasteiger partial charge in [0.25, 0.3) is 5.91 Å². The predicted octanol–water partition coefficient (Wildman–Crippen LogP) is 4.84. The summed E-state index contributed by atoms with van der Waals surface area (Å²) in [6.07, 6.45) is 8.34. The Morgan fingerprint density at radius 1 is 1.00 bits per heavy atom. The van der Waals surface area contributed by atoms with Crippen molar-refractivity contribution < 1.29 is 24.2 Å². The number of carbonyl (C=O) groups is 2. The lowest BCUT2D eigenvalue weighted by molar-refractivity contribution is -0.139. The first-order chi connectivity index (χ1) is 17.4. The Morgan fingerprint density at radius 2 is 1.69 bits per heavy atom. The third-order valence-electron chi connectivity index (χ3n) is 6.70. The first-order valence-electron chi connectivity index (χ1n) is 11.9. The number of hydrogen-bond donors (Lipinski definition) is 3. The molecular formula is C27H25FN4O4. The Bertz CT molecular complexity index is 1410. The summed E-state index contributed by atoms with van der Waals surface area (Å²) < 4.78 is 15.2. The molecule has 1 fully saturated rings. The third kappa shape index (κ3) is 4.51. The minimum absolute atomic E-state index is 0.00625. The van der Waals surface area contributed by atoms with Crippen molar-refractivity contribution in [1.29, 1.82) is 0 Å². The maximum absolute atomic E-state index is 13.6. The van der Waals surface area contributed by atoms with Crippen LogP contribution in [0.25, 0.3) is 16.8 Å². The summed E-state index contributed by atoms with van der Waals surface area (Å²) in [4.78, 5) is 29.6. The molecule has 0 aliphatic heterocycles. The first-order valence-corrected chi connectivity index (χ1v) is 11.9. The van der Waals surface area contributed by atoms with E-state index in [1.807, 2.05) is 0 Å². The van der Waals surface area contributed by atoms with Crippen LogP contribution in [0.4, 0.5) is 4.39 Å². The van der Waals surface area contributed by atoms with E-state index in [0.717, 1.165) is 48.9 Å². The van der Waals surface area contributed by atoms with Crippen LogP contribution >= 0.6 is 0 Å². The summed E-state index contributed by atoms with van der Waals surface area (Å²) in [7, 11) is 0. The standard InChI is InChI=1S/C27H25FN4O4/c28-19-10-6-16(7-11-19)21-14-29-25-22(15-30-32(25)24(21)18-4-2-1-3-5-18)26(34)31-23(27(35)36)17-8-12-20(33)13-9-17/h6-15,18,23,33H,1-5H2,(H,31,34)(H,35,36)/t23-/m1/s1. The second-order valence-corrected chi connectivity index (χ2v) is 9.03. The molecule has 1 aliphatic carbocycles. The Morgan fingerprint density at radius 3 is 2.36 bits per heavy atom. The number of phenols is 1. The number of carboxylic acids is 1. The summed E-state index contributed by atoms with van der Waals surface area (Å²) in [5.74, 6) is -1.99. The van der Waals surface area contributed by atoms with Crippen LogP contribution in [-0.4, -0.2) is 36.7 Å². The molecule has 36 heavy (non-hydrogen) atoms. The molecule has 0 saturated heterocycles. The topological polar surface area (TPSA) is 117 Å². The molecule has 1 atom stereocenters. The number of nitrogens with one attached hydrogen (secondary N) is 1. The third-order valence-corrected chi connectivity index (χ3v) is 6.70. The molecule has 184 valence electrons. The van der Waals surface area contributed by atoms with Crippen LogP contribution in [-0.2, 0) is 4.79 Å². The van der Waals surface area contributed by atoms with Gasteiger partial charge in [-0.2, -0.15) is 5.10 Å². The number of rotatable bonds is 6. The van der Waals surface area contributed by atoms with Crippen molar-refractivity contribution in [2.24, 2.45) is 0 Å². The molecule has 0 radical (unpaired) electrons. The Kier molecular flexibility index (Phi) is 6.37. The molecular weight excluding hydrogens is 463 g/mol. The highest BCUT2D eigenvalue weighted by molar-refractivity contribution is 6.01. The molecule has 1 amide bonds. The van der Waals surface area contributed by atoms with Gasteiger partial charge in [-0.3, -0.25) is 4.79 Å². The number of carbonyl (C=O) groups excluding carboxylic acids is 1. The molecule has 8 nitrogen and oxygen atoms in total. The van der Waals surface area contributed by atoms with Crippen molar-refractivity contribution in [2.45, 2.75) is 44.1 Å².